The summed E-state index contributed by atoms with van der Waals surface area (Å²) in [6, 6.07) is 10.9. The molecule has 0 bridgehead atoms. The van der Waals surface area contributed by atoms with Gasteiger partial charge in [0.1, 0.15) is 23.9 Å². The van der Waals surface area contributed by atoms with Crippen LogP contribution in [0.25, 0.3) is 0 Å². The Hall–Kier alpha value is -2.60. The van der Waals surface area contributed by atoms with E-state index in [2.05, 4.69) is 6.07 Å². The molecule has 0 aliphatic heterocycles. The van der Waals surface area contributed by atoms with E-state index in [4.69, 9.17) is 10.00 Å². The minimum absolute atomic E-state index is 0.356. The number of nitriles is 1. The Balaban J connectivity index is 2.48. The van der Waals surface area contributed by atoms with Gasteiger partial charge in [-0.25, -0.2) is 0 Å². The lowest BCUT2D eigenvalue weighted by atomic mass is 10.1. The van der Waals surface area contributed by atoms with Gasteiger partial charge >= 0.3 is 0 Å². The lowest BCUT2D eigenvalue weighted by Gasteiger charge is -2.14. The van der Waals surface area contributed by atoms with Crippen LogP contribution in [0.5, 0.6) is 11.5 Å². The molecule has 2 aromatic rings. The van der Waals surface area contributed by atoms with Gasteiger partial charge in [0, 0.05) is 5.56 Å². The van der Waals surface area contributed by atoms with Gasteiger partial charge < -0.3 is 4.74 Å². The van der Waals surface area contributed by atoms with Gasteiger partial charge in [0.15, 0.2) is 0 Å². The summed E-state index contributed by atoms with van der Waals surface area (Å²) in [6.07, 6.45) is 0.716. The van der Waals surface area contributed by atoms with Crippen LogP contribution in [0.4, 0.5) is 0 Å². The first-order chi connectivity index (χ1) is 9.56. The molecule has 0 saturated carbocycles. The summed E-state index contributed by atoms with van der Waals surface area (Å²) in [5, 5.41) is 9.16. The maximum atomic E-state index is 10.7. The molecule has 0 fully saturated rings. The van der Waals surface area contributed by atoms with Crippen molar-refractivity contribution in [2.24, 2.45) is 0 Å². The van der Waals surface area contributed by atoms with Gasteiger partial charge in [-0.1, -0.05) is 12.1 Å². The Morgan fingerprint density at radius 2 is 1.80 bits per heavy atom. The summed E-state index contributed by atoms with van der Waals surface area (Å²) in [5.74, 6) is 1.23. The van der Waals surface area contributed by atoms with Crippen molar-refractivity contribution in [3.8, 4) is 17.6 Å². The van der Waals surface area contributed by atoms with Crippen molar-refractivity contribution in [1.29, 1.82) is 5.26 Å². The average molecular weight is 265 g/mol. The Morgan fingerprint density at radius 1 is 1.10 bits per heavy atom. The van der Waals surface area contributed by atoms with Gasteiger partial charge in [-0.05, 0) is 55.7 Å². The predicted molar refractivity (Wildman–Crippen MR) is 77.3 cm³/mol. The van der Waals surface area contributed by atoms with Crippen molar-refractivity contribution < 1.29 is 9.53 Å². The molecule has 0 amide bonds. The highest BCUT2D eigenvalue weighted by Gasteiger charge is 2.11. The molecule has 0 saturated heterocycles. The van der Waals surface area contributed by atoms with Crippen molar-refractivity contribution in [3.63, 3.8) is 0 Å². The van der Waals surface area contributed by atoms with Gasteiger partial charge in [0.05, 0.1) is 5.56 Å². The summed E-state index contributed by atoms with van der Waals surface area (Å²) in [6.45, 7) is 5.97. The molecule has 0 heterocycles. The maximum Gasteiger partial charge on any atom is 0.150 e. The molecule has 100 valence electrons. The molecule has 3 nitrogen and oxygen atoms in total. The summed E-state index contributed by atoms with van der Waals surface area (Å²) in [7, 11) is 0. The summed E-state index contributed by atoms with van der Waals surface area (Å²) < 4.78 is 5.90. The summed E-state index contributed by atoms with van der Waals surface area (Å²) in [4.78, 5) is 10.7. The second-order valence-corrected chi connectivity index (χ2v) is 4.74. The normalized spacial score (nSPS) is 9.90. The van der Waals surface area contributed by atoms with Gasteiger partial charge in [0.2, 0.25) is 0 Å². The zero-order valence-electron chi connectivity index (χ0n) is 11.7. The van der Waals surface area contributed by atoms with Crippen molar-refractivity contribution in [2.45, 2.75) is 20.8 Å². The number of rotatable bonds is 3. The average Bonchev–Trinajstić information content (AvgIpc) is 2.47. The fourth-order valence-corrected chi connectivity index (χ4v) is 1.99. The van der Waals surface area contributed by atoms with E-state index in [-0.39, 0.29) is 0 Å². The number of carbonyl (C=O) groups is 1. The molecular formula is C17H15NO2. The van der Waals surface area contributed by atoms with Crippen LogP contribution in [-0.2, 0) is 0 Å². The number of nitrogens with zero attached hydrogens (tertiary/aromatic N) is 1. The monoisotopic (exact) mass is 265 g/mol. The third-order valence-corrected chi connectivity index (χ3v) is 3.35. The van der Waals surface area contributed by atoms with Crippen LogP contribution >= 0.6 is 0 Å². The number of aryl methyl sites for hydroxylation is 2. The molecule has 0 aliphatic carbocycles. The van der Waals surface area contributed by atoms with Crippen molar-refractivity contribution in [3.05, 3.63) is 58.1 Å². The van der Waals surface area contributed by atoms with E-state index in [9.17, 15) is 4.79 Å². The molecule has 0 spiro atoms. The molecule has 0 unspecified atom stereocenters. The Kier molecular flexibility index (Phi) is 3.86. The summed E-state index contributed by atoms with van der Waals surface area (Å²) in [5.41, 5.74) is 4.01. The van der Waals surface area contributed by atoms with E-state index in [1.165, 1.54) is 6.07 Å². The van der Waals surface area contributed by atoms with E-state index in [0.29, 0.717) is 23.2 Å². The van der Waals surface area contributed by atoms with Gasteiger partial charge in [-0.3, -0.25) is 4.79 Å². The molecule has 2 rings (SSSR count). The number of aldehydes is 1. The minimum Gasteiger partial charge on any atom is -0.455 e. The molecule has 0 radical (unpaired) electrons. The highest BCUT2D eigenvalue weighted by Crippen LogP contribution is 2.32. The second kappa shape index (κ2) is 5.58. The van der Waals surface area contributed by atoms with Crippen LogP contribution in [0.15, 0.2) is 30.3 Å². The van der Waals surface area contributed by atoms with Crippen LogP contribution in [0.3, 0.4) is 0 Å². The predicted octanol–water partition coefficient (Wildman–Crippen LogP) is 4.09. The first kappa shape index (κ1) is 13.8. The van der Waals surface area contributed by atoms with Crippen LogP contribution in [0.1, 0.15) is 32.6 Å². The minimum atomic E-state index is 0.356. The van der Waals surface area contributed by atoms with E-state index in [1.54, 1.807) is 12.1 Å². The van der Waals surface area contributed by atoms with Gasteiger partial charge in [-0.2, -0.15) is 5.26 Å². The first-order valence-electron chi connectivity index (χ1n) is 6.30. The Morgan fingerprint density at radius 3 is 2.45 bits per heavy atom. The molecule has 0 N–H and O–H groups in total. The van der Waals surface area contributed by atoms with E-state index < -0.39 is 0 Å². The van der Waals surface area contributed by atoms with Gasteiger partial charge in [0.25, 0.3) is 0 Å². The van der Waals surface area contributed by atoms with E-state index >= 15 is 0 Å². The third-order valence-electron chi connectivity index (χ3n) is 3.35. The highest BCUT2D eigenvalue weighted by molar-refractivity contribution is 5.76. The molecule has 20 heavy (non-hydrogen) atoms. The van der Waals surface area contributed by atoms with E-state index in [0.717, 1.165) is 22.4 Å². The molecular weight excluding hydrogens is 250 g/mol. The van der Waals surface area contributed by atoms with Crippen LogP contribution < -0.4 is 4.74 Å². The van der Waals surface area contributed by atoms with Crippen LogP contribution in [-0.4, -0.2) is 6.29 Å². The quantitative estimate of drug-likeness (QED) is 0.785. The smallest absolute Gasteiger partial charge is 0.150 e. The Labute approximate surface area is 118 Å². The second-order valence-electron chi connectivity index (χ2n) is 4.74. The first-order valence-corrected chi connectivity index (χ1v) is 6.30. The van der Waals surface area contributed by atoms with Crippen molar-refractivity contribution >= 4 is 6.29 Å². The lowest BCUT2D eigenvalue weighted by molar-refractivity contribution is 0.112. The maximum absolute atomic E-state index is 10.7. The topological polar surface area (TPSA) is 50.1 Å². The fraction of sp³-hybridized carbons (Fsp3) is 0.176. The SMILES string of the molecule is Cc1ccc(C)c(Oc2ccc(C=O)cc2C#N)c1C. The number of ether oxygens (including phenoxy) is 1. The lowest BCUT2D eigenvalue weighted by Crippen LogP contribution is -1.96. The molecule has 0 aliphatic rings. The Bertz CT molecular complexity index is 712. The van der Waals surface area contributed by atoms with E-state index in [1.807, 2.05) is 32.9 Å². The molecule has 2 aromatic carbocycles. The summed E-state index contributed by atoms with van der Waals surface area (Å²) >= 11 is 0. The van der Waals surface area contributed by atoms with Crippen molar-refractivity contribution in [2.75, 3.05) is 0 Å². The van der Waals surface area contributed by atoms with Crippen LogP contribution in [0.2, 0.25) is 0 Å². The number of hydrogen-bond acceptors (Lipinski definition) is 3. The zero-order valence-corrected chi connectivity index (χ0v) is 11.7. The highest BCUT2D eigenvalue weighted by atomic mass is 16.5. The molecule has 0 aromatic heterocycles. The van der Waals surface area contributed by atoms with Crippen LogP contribution in [0, 0.1) is 32.1 Å². The third kappa shape index (κ3) is 2.55. The number of carbonyl (C=O) groups excluding carboxylic acids is 1. The molecule has 3 heteroatoms. The number of benzene rings is 2. The zero-order chi connectivity index (χ0) is 14.7. The standard InChI is InChI=1S/C17H15NO2/c1-11-4-5-12(2)17(13(11)3)20-16-7-6-14(10-19)8-15(16)9-18/h4-8,10H,1-3H3. The largest absolute Gasteiger partial charge is 0.455 e. The molecule has 0 atom stereocenters. The van der Waals surface area contributed by atoms with Crippen molar-refractivity contribution in [1.82, 2.24) is 0 Å². The number of hydrogen-bond donors (Lipinski definition) is 0. The fourth-order valence-electron chi connectivity index (χ4n) is 1.99. The van der Waals surface area contributed by atoms with Gasteiger partial charge in [-0.15, -0.1) is 0 Å².